The fourth-order valence-electron chi connectivity index (χ4n) is 4.48. The quantitative estimate of drug-likeness (QED) is 0.652. The highest BCUT2D eigenvalue weighted by Crippen LogP contribution is 2.32. The first-order valence-corrected chi connectivity index (χ1v) is 10.6. The summed E-state index contributed by atoms with van der Waals surface area (Å²) in [7, 11) is 0. The van der Waals surface area contributed by atoms with E-state index in [1.165, 1.54) is 71.2 Å². The molecule has 0 amide bonds. The molecule has 0 aromatic heterocycles. The van der Waals surface area contributed by atoms with Crippen LogP contribution >= 0.6 is 0 Å². The van der Waals surface area contributed by atoms with E-state index in [0.717, 1.165) is 11.8 Å². The lowest BCUT2D eigenvalue weighted by Crippen LogP contribution is -2.49. The molecule has 1 aliphatic heterocycles. The van der Waals surface area contributed by atoms with Gasteiger partial charge in [0.1, 0.15) is 0 Å². The summed E-state index contributed by atoms with van der Waals surface area (Å²) < 4.78 is 5.99. The first-order chi connectivity index (χ1) is 11.4. The van der Waals surface area contributed by atoms with E-state index in [9.17, 15) is 0 Å². The Kier molecular flexibility index (Phi) is 8.53. The second-order valence-electron chi connectivity index (χ2n) is 8.93. The molecule has 24 heavy (non-hydrogen) atoms. The fourth-order valence-corrected chi connectivity index (χ4v) is 4.48. The number of hydrogen-bond donors (Lipinski definition) is 0. The van der Waals surface area contributed by atoms with Crippen LogP contribution < -0.4 is 0 Å². The Bertz CT molecular complexity index is 329. The maximum Gasteiger partial charge on any atom is 0.0578 e. The molecule has 1 heterocycles. The third kappa shape index (κ3) is 7.01. The summed E-state index contributed by atoms with van der Waals surface area (Å²) in [5.41, 5.74) is 0. The molecule has 1 saturated carbocycles. The zero-order chi connectivity index (χ0) is 17.5. The predicted octanol–water partition coefficient (Wildman–Crippen LogP) is 4.41. The van der Waals surface area contributed by atoms with E-state index in [1.54, 1.807) is 0 Å². The molecule has 1 aliphatic carbocycles. The molecule has 0 spiro atoms. The van der Waals surface area contributed by atoms with E-state index >= 15 is 0 Å². The molecular formula is C21H42N2O. The molecule has 3 nitrogen and oxygen atoms in total. The second-order valence-corrected chi connectivity index (χ2v) is 8.93. The summed E-state index contributed by atoms with van der Waals surface area (Å²) in [4.78, 5) is 5.29. The lowest BCUT2D eigenvalue weighted by Gasteiger charge is -2.37. The smallest absolute Gasteiger partial charge is 0.0578 e. The average molecular weight is 339 g/mol. The molecule has 1 atom stereocenters. The zero-order valence-corrected chi connectivity index (χ0v) is 17.0. The number of hydrogen-bond acceptors (Lipinski definition) is 3. The second kappa shape index (κ2) is 10.1. The first kappa shape index (κ1) is 20.2. The van der Waals surface area contributed by atoms with Gasteiger partial charge in [-0.2, -0.15) is 0 Å². The van der Waals surface area contributed by atoms with E-state index in [0.29, 0.717) is 18.2 Å². The fraction of sp³-hybridized carbons (Fsp3) is 1.00. The van der Waals surface area contributed by atoms with Gasteiger partial charge in [-0.25, -0.2) is 0 Å². The third-order valence-electron chi connectivity index (χ3n) is 6.07. The molecule has 1 saturated heterocycles. The number of ether oxygens (including phenoxy) is 1. The van der Waals surface area contributed by atoms with Crippen molar-refractivity contribution in [3.05, 3.63) is 0 Å². The molecule has 0 radical (unpaired) electrons. The Balaban J connectivity index is 1.57. The molecule has 0 aromatic rings. The van der Waals surface area contributed by atoms with E-state index in [4.69, 9.17) is 4.74 Å². The van der Waals surface area contributed by atoms with Gasteiger partial charge in [-0.1, -0.05) is 6.92 Å². The van der Waals surface area contributed by atoms with Crippen LogP contribution in [0.3, 0.4) is 0 Å². The minimum absolute atomic E-state index is 0.390. The van der Waals surface area contributed by atoms with Gasteiger partial charge in [0.25, 0.3) is 0 Å². The van der Waals surface area contributed by atoms with Crippen LogP contribution in [-0.4, -0.2) is 60.8 Å². The highest BCUT2D eigenvalue weighted by atomic mass is 16.5. The van der Waals surface area contributed by atoms with Gasteiger partial charge in [-0.15, -0.1) is 0 Å². The molecule has 0 N–H and O–H groups in total. The monoisotopic (exact) mass is 338 g/mol. The van der Waals surface area contributed by atoms with Crippen LogP contribution in [0.1, 0.15) is 73.1 Å². The van der Waals surface area contributed by atoms with Crippen molar-refractivity contribution < 1.29 is 4.74 Å². The lowest BCUT2D eigenvalue weighted by atomic mass is 9.81. The summed E-state index contributed by atoms with van der Waals surface area (Å²) in [6.07, 6.45) is 9.07. The normalized spacial score (nSPS) is 28.6. The predicted molar refractivity (Wildman–Crippen MR) is 104 cm³/mol. The summed E-state index contributed by atoms with van der Waals surface area (Å²) in [6, 6.07) is 0.709. The Hall–Kier alpha value is -0.120. The molecule has 2 aliphatic rings. The zero-order valence-electron chi connectivity index (χ0n) is 17.0. The Morgan fingerprint density at radius 3 is 2.04 bits per heavy atom. The van der Waals surface area contributed by atoms with Gasteiger partial charge < -0.3 is 9.64 Å². The van der Waals surface area contributed by atoms with Crippen LogP contribution in [0, 0.1) is 11.8 Å². The maximum absolute atomic E-state index is 5.99. The van der Waals surface area contributed by atoms with Gasteiger partial charge in [0.05, 0.1) is 12.2 Å². The molecule has 2 fully saturated rings. The summed E-state index contributed by atoms with van der Waals surface area (Å²) in [6.45, 7) is 17.8. The summed E-state index contributed by atoms with van der Waals surface area (Å²) in [5.74, 6) is 1.82. The molecule has 142 valence electrons. The van der Waals surface area contributed by atoms with Gasteiger partial charge in [0, 0.05) is 32.2 Å². The maximum atomic E-state index is 5.99. The number of nitrogens with zero attached hydrogens (tertiary/aromatic N) is 2. The largest absolute Gasteiger partial charge is 0.376 e. The minimum atomic E-state index is 0.390. The molecule has 0 bridgehead atoms. The Morgan fingerprint density at radius 2 is 1.50 bits per heavy atom. The number of rotatable bonds is 8. The standard InChI is InChI=1S/C21H42N2O/c1-17(2)23-14-12-22(13-15-23)11-10-19(5)16-20-6-8-21(9-7-20)24-18(3)4/h17-21H,6-16H2,1-5H3/t19-,20?,21?/m0/s1. The lowest BCUT2D eigenvalue weighted by molar-refractivity contribution is -0.0213. The van der Waals surface area contributed by atoms with Crippen LogP contribution in [0.15, 0.2) is 0 Å². The van der Waals surface area contributed by atoms with Crippen molar-refractivity contribution in [3.8, 4) is 0 Å². The van der Waals surface area contributed by atoms with Crippen molar-refractivity contribution in [2.75, 3.05) is 32.7 Å². The van der Waals surface area contributed by atoms with Crippen LogP contribution in [0.4, 0.5) is 0 Å². The van der Waals surface area contributed by atoms with Crippen molar-refractivity contribution in [2.45, 2.75) is 91.4 Å². The number of piperazine rings is 1. The molecule has 0 unspecified atom stereocenters. The SMILES string of the molecule is CC(C)OC1CCC(C[C@@H](C)CCN2CCN(C(C)C)CC2)CC1. The van der Waals surface area contributed by atoms with E-state index < -0.39 is 0 Å². The van der Waals surface area contributed by atoms with Crippen LogP contribution in [0.2, 0.25) is 0 Å². The highest BCUT2D eigenvalue weighted by molar-refractivity contribution is 4.77. The topological polar surface area (TPSA) is 15.7 Å². The molecule has 0 aromatic carbocycles. The minimum Gasteiger partial charge on any atom is -0.376 e. The third-order valence-corrected chi connectivity index (χ3v) is 6.07. The van der Waals surface area contributed by atoms with Gasteiger partial charge in [-0.3, -0.25) is 4.90 Å². The van der Waals surface area contributed by atoms with Gasteiger partial charge >= 0.3 is 0 Å². The van der Waals surface area contributed by atoms with Crippen molar-refractivity contribution in [3.63, 3.8) is 0 Å². The average Bonchev–Trinajstić information content (AvgIpc) is 2.54. The van der Waals surface area contributed by atoms with Crippen molar-refractivity contribution in [1.82, 2.24) is 9.80 Å². The van der Waals surface area contributed by atoms with Gasteiger partial charge in [-0.05, 0) is 84.6 Å². The van der Waals surface area contributed by atoms with Crippen LogP contribution in [0.25, 0.3) is 0 Å². The summed E-state index contributed by atoms with van der Waals surface area (Å²) in [5, 5.41) is 0. The van der Waals surface area contributed by atoms with Crippen LogP contribution in [-0.2, 0) is 4.74 Å². The molecule has 2 rings (SSSR count). The first-order valence-electron chi connectivity index (χ1n) is 10.6. The Morgan fingerprint density at radius 1 is 0.875 bits per heavy atom. The van der Waals surface area contributed by atoms with Crippen molar-refractivity contribution in [2.24, 2.45) is 11.8 Å². The van der Waals surface area contributed by atoms with Crippen molar-refractivity contribution >= 4 is 0 Å². The molecule has 3 heteroatoms. The molecular weight excluding hydrogens is 296 g/mol. The highest BCUT2D eigenvalue weighted by Gasteiger charge is 2.24. The van der Waals surface area contributed by atoms with Gasteiger partial charge in [0.15, 0.2) is 0 Å². The van der Waals surface area contributed by atoms with E-state index in [-0.39, 0.29) is 0 Å². The van der Waals surface area contributed by atoms with Crippen LogP contribution in [0.5, 0.6) is 0 Å². The van der Waals surface area contributed by atoms with E-state index in [2.05, 4.69) is 44.4 Å². The summed E-state index contributed by atoms with van der Waals surface area (Å²) >= 11 is 0. The van der Waals surface area contributed by atoms with E-state index in [1.807, 2.05) is 0 Å². The Labute approximate surface area is 151 Å². The van der Waals surface area contributed by atoms with Gasteiger partial charge in [0.2, 0.25) is 0 Å². The van der Waals surface area contributed by atoms with Crippen molar-refractivity contribution in [1.29, 1.82) is 0 Å².